The van der Waals surface area contributed by atoms with Gasteiger partial charge in [0.1, 0.15) is 0 Å². The van der Waals surface area contributed by atoms with Crippen molar-refractivity contribution in [1.82, 2.24) is 4.90 Å². The van der Waals surface area contributed by atoms with Crippen molar-refractivity contribution in [2.24, 2.45) is 5.92 Å². The Balaban J connectivity index is 2.32. The van der Waals surface area contributed by atoms with Gasteiger partial charge < -0.3 is 4.90 Å². The Morgan fingerprint density at radius 3 is 2.85 bits per heavy atom. The van der Waals surface area contributed by atoms with Crippen molar-refractivity contribution in [3.05, 3.63) is 38.9 Å². The number of alkyl halides is 1. The number of nitrogens with zero attached hydrogens (tertiary/aromatic N) is 2. The Morgan fingerprint density at radius 2 is 2.25 bits per heavy atom. The molecule has 0 bridgehead atoms. The second kappa shape index (κ2) is 6.10. The number of benzene rings is 1. The third-order valence-corrected chi connectivity index (χ3v) is 4.52. The minimum Gasteiger partial charge on any atom is -0.335 e. The average Bonchev–Trinajstić information content (AvgIpc) is 2.78. The number of rotatable bonds is 3. The first-order chi connectivity index (χ1) is 9.43. The summed E-state index contributed by atoms with van der Waals surface area (Å²) in [6, 6.07) is 4.11. The van der Waals surface area contributed by atoms with Gasteiger partial charge in [-0.1, -0.05) is 34.5 Å². The van der Waals surface area contributed by atoms with Gasteiger partial charge in [-0.3, -0.25) is 14.9 Å². The number of amides is 1. The molecule has 1 aromatic rings. The lowest BCUT2D eigenvalue weighted by atomic mass is 10.0. The largest absolute Gasteiger partial charge is 0.335 e. The van der Waals surface area contributed by atoms with Gasteiger partial charge in [0.25, 0.3) is 11.6 Å². The van der Waals surface area contributed by atoms with Gasteiger partial charge in [0, 0.05) is 40.6 Å². The van der Waals surface area contributed by atoms with E-state index in [1.807, 2.05) is 0 Å². The molecule has 1 saturated heterocycles. The standard InChI is InChI=1S/C13H14BrClN2O3/c1-8-2-3-16(12(8)7-14)13(18)9-4-10(15)6-11(5-9)17(19)20/h4-6,8,12H,2-3,7H2,1H3. The van der Waals surface area contributed by atoms with Gasteiger partial charge >= 0.3 is 0 Å². The van der Waals surface area contributed by atoms with E-state index in [2.05, 4.69) is 22.9 Å². The molecule has 1 aliphatic heterocycles. The number of carbonyl (C=O) groups is 1. The minimum absolute atomic E-state index is 0.112. The van der Waals surface area contributed by atoms with Crippen LogP contribution in [0.3, 0.4) is 0 Å². The number of non-ortho nitro benzene ring substituents is 1. The first-order valence-corrected chi connectivity index (χ1v) is 7.76. The van der Waals surface area contributed by atoms with Crippen molar-refractivity contribution in [2.45, 2.75) is 19.4 Å². The van der Waals surface area contributed by atoms with Crippen molar-refractivity contribution < 1.29 is 9.72 Å². The van der Waals surface area contributed by atoms with E-state index in [1.54, 1.807) is 4.90 Å². The van der Waals surface area contributed by atoms with Crippen LogP contribution in [0.25, 0.3) is 0 Å². The van der Waals surface area contributed by atoms with Crippen molar-refractivity contribution >= 4 is 39.1 Å². The molecule has 0 aliphatic carbocycles. The van der Waals surface area contributed by atoms with Gasteiger partial charge in [-0.15, -0.1) is 0 Å². The molecule has 108 valence electrons. The molecule has 2 atom stereocenters. The van der Waals surface area contributed by atoms with E-state index >= 15 is 0 Å². The normalized spacial score (nSPS) is 22.1. The monoisotopic (exact) mass is 360 g/mol. The quantitative estimate of drug-likeness (QED) is 0.470. The summed E-state index contributed by atoms with van der Waals surface area (Å²) in [5, 5.41) is 11.7. The number of nitro benzene ring substituents is 1. The van der Waals surface area contributed by atoms with Crippen LogP contribution in [0, 0.1) is 16.0 Å². The molecule has 20 heavy (non-hydrogen) atoms. The summed E-state index contributed by atoms with van der Waals surface area (Å²) in [5.41, 5.74) is 0.104. The highest BCUT2D eigenvalue weighted by Gasteiger charge is 2.34. The van der Waals surface area contributed by atoms with Crippen molar-refractivity contribution in [3.8, 4) is 0 Å². The molecule has 0 spiro atoms. The highest BCUT2D eigenvalue weighted by Crippen LogP contribution is 2.29. The molecule has 0 N–H and O–H groups in total. The van der Waals surface area contributed by atoms with Crippen LogP contribution < -0.4 is 0 Å². The average molecular weight is 362 g/mol. The van der Waals surface area contributed by atoms with Crippen LogP contribution in [-0.4, -0.2) is 33.6 Å². The molecule has 1 fully saturated rings. The Hall–Kier alpha value is -1.14. The molecule has 2 rings (SSSR count). The Bertz CT molecular complexity index is 552. The van der Waals surface area contributed by atoms with E-state index in [0.717, 1.165) is 6.42 Å². The Kier molecular flexibility index (Phi) is 4.65. The minimum atomic E-state index is -0.544. The van der Waals surface area contributed by atoms with Crippen LogP contribution in [0.15, 0.2) is 18.2 Å². The maximum atomic E-state index is 12.5. The van der Waals surface area contributed by atoms with E-state index in [9.17, 15) is 14.9 Å². The molecular formula is C13H14BrClN2O3. The molecule has 1 amide bonds. The second-order valence-electron chi connectivity index (χ2n) is 4.94. The van der Waals surface area contributed by atoms with Gasteiger partial charge in [0.15, 0.2) is 0 Å². The van der Waals surface area contributed by atoms with Crippen LogP contribution in [-0.2, 0) is 0 Å². The first-order valence-electron chi connectivity index (χ1n) is 6.26. The first kappa shape index (κ1) is 15.3. The zero-order valence-electron chi connectivity index (χ0n) is 10.9. The van der Waals surface area contributed by atoms with Gasteiger partial charge in [0.2, 0.25) is 0 Å². The number of carbonyl (C=O) groups excluding carboxylic acids is 1. The van der Waals surface area contributed by atoms with Crippen LogP contribution in [0.5, 0.6) is 0 Å². The smallest absolute Gasteiger partial charge is 0.271 e. The zero-order valence-corrected chi connectivity index (χ0v) is 13.2. The predicted octanol–water partition coefficient (Wildman–Crippen LogP) is 3.49. The summed E-state index contributed by atoms with van der Waals surface area (Å²) in [5.74, 6) is 0.205. The predicted molar refractivity (Wildman–Crippen MR) is 80.5 cm³/mol. The number of hydrogen-bond donors (Lipinski definition) is 0. The van der Waals surface area contributed by atoms with E-state index in [4.69, 9.17) is 11.6 Å². The van der Waals surface area contributed by atoms with E-state index in [0.29, 0.717) is 17.8 Å². The molecule has 7 heteroatoms. The number of halogens is 2. The fourth-order valence-corrected chi connectivity index (χ4v) is 3.68. The third kappa shape index (κ3) is 2.96. The van der Waals surface area contributed by atoms with E-state index in [-0.39, 0.29) is 28.2 Å². The van der Waals surface area contributed by atoms with Crippen molar-refractivity contribution in [2.75, 3.05) is 11.9 Å². The molecule has 1 aromatic carbocycles. The maximum absolute atomic E-state index is 12.5. The number of hydrogen-bond acceptors (Lipinski definition) is 3. The lowest BCUT2D eigenvalue weighted by Crippen LogP contribution is -2.38. The molecule has 1 aliphatic rings. The van der Waals surface area contributed by atoms with Crippen molar-refractivity contribution in [1.29, 1.82) is 0 Å². The van der Waals surface area contributed by atoms with Gasteiger partial charge in [-0.25, -0.2) is 0 Å². The molecule has 5 nitrogen and oxygen atoms in total. The summed E-state index contributed by atoms with van der Waals surface area (Å²) in [4.78, 5) is 24.6. The summed E-state index contributed by atoms with van der Waals surface area (Å²) in [7, 11) is 0. The van der Waals surface area contributed by atoms with Crippen LogP contribution in [0.1, 0.15) is 23.7 Å². The number of likely N-dealkylation sites (tertiary alicyclic amines) is 1. The molecule has 0 aromatic heterocycles. The van der Waals surface area contributed by atoms with Crippen LogP contribution in [0.2, 0.25) is 5.02 Å². The third-order valence-electron chi connectivity index (χ3n) is 3.64. The lowest BCUT2D eigenvalue weighted by Gasteiger charge is -2.25. The van der Waals surface area contributed by atoms with Gasteiger partial charge in [-0.05, 0) is 18.4 Å². The SMILES string of the molecule is CC1CCN(C(=O)c2cc(Cl)cc([N+](=O)[O-])c2)C1CBr. The summed E-state index contributed by atoms with van der Waals surface area (Å²) in [6.45, 7) is 2.76. The maximum Gasteiger partial charge on any atom is 0.271 e. The fourth-order valence-electron chi connectivity index (χ4n) is 2.46. The van der Waals surface area contributed by atoms with E-state index < -0.39 is 4.92 Å². The van der Waals surface area contributed by atoms with Crippen LogP contribution >= 0.6 is 27.5 Å². The molecule has 0 saturated carbocycles. The summed E-state index contributed by atoms with van der Waals surface area (Å²) >= 11 is 9.28. The molecule has 1 heterocycles. The van der Waals surface area contributed by atoms with Crippen LogP contribution in [0.4, 0.5) is 5.69 Å². The summed E-state index contributed by atoms with van der Waals surface area (Å²) in [6.07, 6.45) is 0.935. The highest BCUT2D eigenvalue weighted by molar-refractivity contribution is 9.09. The van der Waals surface area contributed by atoms with Gasteiger partial charge in [-0.2, -0.15) is 0 Å². The highest BCUT2D eigenvalue weighted by atomic mass is 79.9. The fraction of sp³-hybridized carbons (Fsp3) is 0.462. The zero-order chi connectivity index (χ0) is 14.9. The molecule has 0 radical (unpaired) electrons. The molecule has 2 unspecified atom stereocenters. The van der Waals surface area contributed by atoms with Gasteiger partial charge in [0.05, 0.1) is 4.92 Å². The Labute approximate surface area is 130 Å². The second-order valence-corrected chi connectivity index (χ2v) is 6.03. The molecular weight excluding hydrogens is 348 g/mol. The van der Waals surface area contributed by atoms with Crippen molar-refractivity contribution in [3.63, 3.8) is 0 Å². The lowest BCUT2D eigenvalue weighted by molar-refractivity contribution is -0.384. The summed E-state index contributed by atoms with van der Waals surface area (Å²) < 4.78 is 0. The number of nitro groups is 1. The van der Waals surface area contributed by atoms with E-state index in [1.165, 1.54) is 18.2 Å². The Morgan fingerprint density at radius 1 is 1.55 bits per heavy atom. The topological polar surface area (TPSA) is 63.5 Å².